The predicted molar refractivity (Wildman–Crippen MR) is 75.2 cm³/mol. The van der Waals surface area contributed by atoms with Crippen molar-refractivity contribution in [3.05, 3.63) is 27.9 Å². The maximum absolute atomic E-state index is 12.0. The first kappa shape index (κ1) is 15.2. The SMILES string of the molecule is CCC(CSC)NC(=O)c1cc([N+](=O)[O-])cnc1N. The summed E-state index contributed by atoms with van der Waals surface area (Å²) in [7, 11) is 0. The fourth-order valence-electron chi connectivity index (χ4n) is 1.47. The highest BCUT2D eigenvalue weighted by atomic mass is 32.2. The highest BCUT2D eigenvalue weighted by Gasteiger charge is 2.18. The number of aromatic nitrogens is 1. The fourth-order valence-corrected chi connectivity index (χ4v) is 2.19. The molecule has 1 aromatic heterocycles. The van der Waals surface area contributed by atoms with Crippen molar-refractivity contribution in [1.82, 2.24) is 10.3 Å². The first-order valence-corrected chi connectivity index (χ1v) is 7.08. The third-order valence-corrected chi connectivity index (χ3v) is 3.29. The predicted octanol–water partition coefficient (Wildman–Crippen LogP) is 1.44. The van der Waals surface area contributed by atoms with Gasteiger partial charge in [0.05, 0.1) is 10.5 Å². The molecule has 0 aliphatic heterocycles. The smallest absolute Gasteiger partial charge is 0.288 e. The van der Waals surface area contributed by atoms with Crippen LogP contribution < -0.4 is 11.1 Å². The summed E-state index contributed by atoms with van der Waals surface area (Å²) < 4.78 is 0. The van der Waals surface area contributed by atoms with Gasteiger partial charge in [-0.1, -0.05) is 6.92 Å². The van der Waals surface area contributed by atoms with Crippen LogP contribution in [0, 0.1) is 10.1 Å². The summed E-state index contributed by atoms with van der Waals surface area (Å²) in [5.74, 6) is 0.321. The van der Waals surface area contributed by atoms with E-state index in [4.69, 9.17) is 5.73 Å². The summed E-state index contributed by atoms with van der Waals surface area (Å²) in [6.07, 6.45) is 3.75. The van der Waals surface area contributed by atoms with Gasteiger partial charge in [0.15, 0.2) is 0 Å². The molecule has 7 nitrogen and oxygen atoms in total. The van der Waals surface area contributed by atoms with E-state index in [1.807, 2.05) is 13.2 Å². The summed E-state index contributed by atoms with van der Waals surface area (Å²) in [5, 5.41) is 13.4. The van der Waals surface area contributed by atoms with Crippen LogP contribution in [0.25, 0.3) is 0 Å². The second-order valence-corrected chi connectivity index (χ2v) is 4.83. The average Bonchev–Trinajstić information content (AvgIpc) is 2.38. The largest absolute Gasteiger partial charge is 0.383 e. The molecule has 19 heavy (non-hydrogen) atoms. The highest BCUT2D eigenvalue weighted by Crippen LogP contribution is 2.17. The molecule has 0 aliphatic rings. The van der Waals surface area contributed by atoms with Gasteiger partial charge < -0.3 is 11.1 Å². The van der Waals surface area contributed by atoms with Gasteiger partial charge in [0.25, 0.3) is 11.6 Å². The van der Waals surface area contributed by atoms with Crippen LogP contribution in [-0.2, 0) is 0 Å². The molecule has 0 saturated heterocycles. The summed E-state index contributed by atoms with van der Waals surface area (Å²) in [5.41, 5.74) is 5.37. The lowest BCUT2D eigenvalue weighted by atomic mass is 10.2. The summed E-state index contributed by atoms with van der Waals surface area (Å²) in [6, 6.07) is 1.14. The van der Waals surface area contributed by atoms with Crippen molar-refractivity contribution in [3.8, 4) is 0 Å². The number of carbonyl (C=O) groups excluding carboxylic acids is 1. The molecule has 1 rings (SSSR count). The van der Waals surface area contributed by atoms with Gasteiger partial charge >= 0.3 is 0 Å². The molecule has 3 N–H and O–H groups in total. The minimum Gasteiger partial charge on any atom is -0.383 e. The van der Waals surface area contributed by atoms with Gasteiger partial charge in [-0.15, -0.1) is 0 Å². The normalized spacial score (nSPS) is 11.9. The number of thioether (sulfide) groups is 1. The lowest BCUT2D eigenvalue weighted by Gasteiger charge is -2.16. The molecular formula is C11H16N4O3S. The van der Waals surface area contributed by atoms with Crippen molar-refractivity contribution in [2.45, 2.75) is 19.4 Å². The van der Waals surface area contributed by atoms with Crippen LogP contribution >= 0.6 is 11.8 Å². The number of pyridine rings is 1. The molecule has 1 unspecified atom stereocenters. The monoisotopic (exact) mass is 284 g/mol. The fraction of sp³-hybridized carbons (Fsp3) is 0.455. The van der Waals surface area contributed by atoms with E-state index in [1.54, 1.807) is 11.8 Å². The van der Waals surface area contributed by atoms with Crippen molar-refractivity contribution in [2.75, 3.05) is 17.7 Å². The van der Waals surface area contributed by atoms with Gasteiger partial charge in [0.2, 0.25) is 0 Å². The van der Waals surface area contributed by atoms with E-state index in [9.17, 15) is 14.9 Å². The van der Waals surface area contributed by atoms with Crippen LogP contribution in [0.3, 0.4) is 0 Å². The molecular weight excluding hydrogens is 268 g/mol. The zero-order valence-electron chi connectivity index (χ0n) is 10.8. The molecule has 0 aliphatic carbocycles. The zero-order chi connectivity index (χ0) is 14.4. The van der Waals surface area contributed by atoms with E-state index < -0.39 is 10.8 Å². The number of hydrogen-bond acceptors (Lipinski definition) is 6. The maximum atomic E-state index is 12.0. The van der Waals surface area contributed by atoms with Crippen LogP contribution in [0.1, 0.15) is 23.7 Å². The number of rotatable bonds is 6. The molecule has 1 atom stereocenters. The molecule has 1 aromatic rings. The van der Waals surface area contributed by atoms with Crippen LogP contribution in [-0.4, -0.2) is 33.9 Å². The standard InChI is InChI=1S/C11H16N4O3S/c1-3-7(6-19-2)14-11(16)9-4-8(15(17)18)5-13-10(9)12/h4-5,7H,3,6H2,1-2H3,(H2,12,13)(H,14,16). The molecule has 0 fully saturated rings. The lowest BCUT2D eigenvalue weighted by molar-refractivity contribution is -0.385. The van der Waals surface area contributed by atoms with Crippen molar-refractivity contribution in [2.24, 2.45) is 0 Å². The Morgan fingerprint density at radius 1 is 1.68 bits per heavy atom. The third kappa shape index (κ3) is 4.09. The number of nitrogens with one attached hydrogen (secondary N) is 1. The number of nitro groups is 1. The van der Waals surface area contributed by atoms with E-state index in [0.29, 0.717) is 0 Å². The maximum Gasteiger partial charge on any atom is 0.288 e. The number of anilines is 1. The Hall–Kier alpha value is -1.83. The molecule has 1 amide bonds. The third-order valence-electron chi connectivity index (χ3n) is 2.56. The van der Waals surface area contributed by atoms with Gasteiger partial charge in [-0.2, -0.15) is 11.8 Å². The van der Waals surface area contributed by atoms with Crippen molar-refractivity contribution >= 4 is 29.2 Å². The first-order valence-electron chi connectivity index (χ1n) is 5.69. The lowest BCUT2D eigenvalue weighted by Crippen LogP contribution is -2.36. The van der Waals surface area contributed by atoms with Crippen LogP contribution in [0.2, 0.25) is 0 Å². The topological polar surface area (TPSA) is 111 Å². The molecule has 1 heterocycles. The number of carbonyl (C=O) groups is 1. The summed E-state index contributed by atoms with van der Waals surface area (Å²) in [4.78, 5) is 25.7. The van der Waals surface area contributed by atoms with E-state index in [0.717, 1.165) is 24.4 Å². The second kappa shape index (κ2) is 6.93. The highest BCUT2D eigenvalue weighted by molar-refractivity contribution is 7.98. The molecule has 8 heteroatoms. The Kier molecular flexibility index (Phi) is 5.56. The Morgan fingerprint density at radius 3 is 2.89 bits per heavy atom. The summed E-state index contributed by atoms with van der Waals surface area (Å²) in [6.45, 7) is 1.95. The Balaban J connectivity index is 2.92. The van der Waals surface area contributed by atoms with Gasteiger partial charge in [0.1, 0.15) is 12.0 Å². The molecule has 0 aromatic carbocycles. The van der Waals surface area contributed by atoms with Gasteiger partial charge in [-0.05, 0) is 12.7 Å². The molecule has 0 bridgehead atoms. The number of nitrogens with zero attached hydrogens (tertiary/aromatic N) is 2. The zero-order valence-corrected chi connectivity index (χ0v) is 11.6. The molecule has 0 spiro atoms. The number of amides is 1. The van der Waals surface area contributed by atoms with Gasteiger partial charge in [0, 0.05) is 17.9 Å². The quantitative estimate of drug-likeness (QED) is 0.604. The minimum atomic E-state index is -0.609. The molecule has 0 saturated carbocycles. The van der Waals surface area contributed by atoms with Crippen molar-refractivity contribution in [1.29, 1.82) is 0 Å². The number of nitrogen functional groups attached to an aromatic ring is 1. The number of nitrogens with two attached hydrogens (primary N) is 1. The van der Waals surface area contributed by atoms with Gasteiger partial charge in [-0.25, -0.2) is 4.98 Å². The van der Waals surface area contributed by atoms with Crippen molar-refractivity contribution < 1.29 is 9.72 Å². The van der Waals surface area contributed by atoms with E-state index in [2.05, 4.69) is 10.3 Å². The van der Waals surface area contributed by atoms with Crippen molar-refractivity contribution in [3.63, 3.8) is 0 Å². The number of hydrogen-bond donors (Lipinski definition) is 2. The first-order chi connectivity index (χ1) is 8.99. The Morgan fingerprint density at radius 2 is 2.37 bits per heavy atom. The molecule has 0 radical (unpaired) electrons. The Labute approximate surface area is 115 Å². The van der Waals surface area contributed by atoms with Crippen LogP contribution in [0.15, 0.2) is 12.3 Å². The van der Waals surface area contributed by atoms with Gasteiger partial charge in [-0.3, -0.25) is 14.9 Å². The summed E-state index contributed by atoms with van der Waals surface area (Å²) >= 11 is 1.61. The van der Waals surface area contributed by atoms with E-state index in [-0.39, 0.29) is 23.1 Å². The Bertz CT molecular complexity index is 481. The van der Waals surface area contributed by atoms with E-state index in [1.165, 1.54) is 0 Å². The average molecular weight is 284 g/mol. The molecule has 104 valence electrons. The minimum absolute atomic E-state index is 0.00108. The van der Waals surface area contributed by atoms with E-state index >= 15 is 0 Å². The van der Waals surface area contributed by atoms with Crippen LogP contribution in [0.5, 0.6) is 0 Å². The second-order valence-electron chi connectivity index (χ2n) is 3.92. The van der Waals surface area contributed by atoms with Crippen LogP contribution in [0.4, 0.5) is 11.5 Å².